The number of nitrogens with one attached hydrogen (secondary N) is 2. The van der Waals surface area contributed by atoms with Crippen molar-refractivity contribution in [2.45, 2.75) is 25.3 Å². The smallest absolute Gasteiger partial charge is 0.255 e. The van der Waals surface area contributed by atoms with E-state index in [0.29, 0.717) is 30.3 Å². The van der Waals surface area contributed by atoms with Crippen molar-refractivity contribution in [2.24, 2.45) is 5.92 Å². The summed E-state index contributed by atoms with van der Waals surface area (Å²) in [6.45, 7) is 0.399. The largest absolute Gasteiger partial charge is 0.492 e. The van der Waals surface area contributed by atoms with Crippen LogP contribution in [0.5, 0.6) is 5.75 Å². The highest BCUT2D eigenvalue weighted by Gasteiger charge is 2.30. The van der Waals surface area contributed by atoms with E-state index in [0.717, 1.165) is 28.6 Å². The summed E-state index contributed by atoms with van der Waals surface area (Å²) in [6.07, 6.45) is 2.76. The van der Waals surface area contributed by atoms with Crippen molar-refractivity contribution in [1.82, 2.24) is 5.32 Å². The quantitative estimate of drug-likeness (QED) is 0.803. The lowest BCUT2D eigenvalue weighted by atomic mass is 9.95. The van der Waals surface area contributed by atoms with Crippen LogP contribution in [0.2, 0.25) is 0 Å². The van der Waals surface area contributed by atoms with Crippen LogP contribution < -0.4 is 15.4 Å². The van der Waals surface area contributed by atoms with Gasteiger partial charge in [-0.05, 0) is 67.3 Å². The topological polar surface area (TPSA) is 67.4 Å². The third kappa shape index (κ3) is 3.90. The van der Waals surface area contributed by atoms with Gasteiger partial charge in [-0.1, -0.05) is 15.9 Å². The second kappa shape index (κ2) is 7.11. The molecule has 0 unspecified atom stereocenters. The molecule has 1 aliphatic carbocycles. The molecule has 134 valence electrons. The number of amides is 2. The Morgan fingerprint density at radius 3 is 2.58 bits per heavy atom. The highest BCUT2D eigenvalue weighted by molar-refractivity contribution is 9.10. The highest BCUT2D eigenvalue weighted by atomic mass is 79.9. The fourth-order valence-corrected chi connectivity index (χ4v) is 3.26. The van der Waals surface area contributed by atoms with E-state index in [4.69, 9.17) is 4.74 Å². The first-order chi connectivity index (χ1) is 12.6. The Kier molecular flexibility index (Phi) is 4.68. The van der Waals surface area contributed by atoms with Crippen LogP contribution in [0.15, 0.2) is 46.9 Å². The minimum Gasteiger partial charge on any atom is -0.492 e. The highest BCUT2D eigenvalue weighted by Crippen LogP contribution is 2.31. The average Bonchev–Trinajstić information content (AvgIpc) is 3.45. The van der Waals surface area contributed by atoms with E-state index in [-0.39, 0.29) is 17.7 Å². The van der Waals surface area contributed by atoms with Crippen LogP contribution in [0.1, 0.15) is 28.8 Å². The fraction of sp³-hybridized carbons (Fsp3) is 0.300. The van der Waals surface area contributed by atoms with Crippen LogP contribution in [0.4, 0.5) is 5.69 Å². The molecule has 2 aromatic rings. The van der Waals surface area contributed by atoms with Crippen molar-refractivity contribution in [1.29, 1.82) is 0 Å². The average molecular weight is 415 g/mol. The number of carbonyl (C=O) groups excluding carboxylic acids is 2. The zero-order valence-electron chi connectivity index (χ0n) is 14.1. The maximum atomic E-state index is 12.4. The van der Waals surface area contributed by atoms with Gasteiger partial charge < -0.3 is 15.4 Å². The number of carbonyl (C=O) groups is 2. The molecule has 4 rings (SSSR count). The lowest BCUT2D eigenvalue weighted by molar-refractivity contribution is -0.126. The molecule has 2 aliphatic rings. The van der Waals surface area contributed by atoms with Gasteiger partial charge in [0.05, 0.1) is 5.92 Å². The minimum atomic E-state index is -0.180. The third-order valence-electron chi connectivity index (χ3n) is 4.63. The lowest BCUT2D eigenvalue weighted by Crippen LogP contribution is -2.38. The summed E-state index contributed by atoms with van der Waals surface area (Å²) in [5.41, 5.74) is 2.23. The van der Waals surface area contributed by atoms with Gasteiger partial charge in [-0.15, -0.1) is 0 Å². The summed E-state index contributed by atoms with van der Waals surface area (Å²) in [5, 5.41) is 5.94. The van der Waals surface area contributed by atoms with Gasteiger partial charge >= 0.3 is 0 Å². The molecular weight excluding hydrogens is 396 g/mol. The van der Waals surface area contributed by atoms with Crippen LogP contribution in [-0.4, -0.2) is 24.5 Å². The van der Waals surface area contributed by atoms with Crippen molar-refractivity contribution in [2.75, 3.05) is 11.9 Å². The lowest BCUT2D eigenvalue weighted by Gasteiger charge is -2.25. The van der Waals surface area contributed by atoms with Gasteiger partial charge in [0.25, 0.3) is 5.91 Å². The monoisotopic (exact) mass is 414 g/mol. The van der Waals surface area contributed by atoms with Gasteiger partial charge in [-0.3, -0.25) is 9.59 Å². The maximum absolute atomic E-state index is 12.4. The Morgan fingerprint density at radius 1 is 1.08 bits per heavy atom. The summed E-state index contributed by atoms with van der Waals surface area (Å²) < 4.78 is 6.66. The number of ether oxygens (including phenoxy) is 1. The van der Waals surface area contributed by atoms with E-state index in [2.05, 4.69) is 26.6 Å². The Morgan fingerprint density at radius 2 is 1.85 bits per heavy atom. The molecule has 1 atom stereocenters. The molecule has 1 fully saturated rings. The summed E-state index contributed by atoms with van der Waals surface area (Å²) in [7, 11) is 0. The molecule has 0 radical (unpaired) electrons. The summed E-state index contributed by atoms with van der Waals surface area (Å²) in [6, 6.07) is 13.1. The number of anilines is 1. The summed E-state index contributed by atoms with van der Waals surface area (Å²) in [5.74, 6) is 0.488. The van der Waals surface area contributed by atoms with Gasteiger partial charge in [0.2, 0.25) is 5.91 Å². The molecule has 2 aromatic carbocycles. The Bertz CT molecular complexity index is 847. The van der Waals surface area contributed by atoms with Crippen LogP contribution in [0.3, 0.4) is 0 Å². The first kappa shape index (κ1) is 17.1. The molecule has 0 saturated heterocycles. The molecule has 6 heteroatoms. The van der Waals surface area contributed by atoms with Crippen molar-refractivity contribution in [3.8, 4) is 5.75 Å². The normalized spacial score (nSPS) is 18.4. The second-order valence-electron chi connectivity index (χ2n) is 6.78. The first-order valence-electron chi connectivity index (χ1n) is 8.71. The number of fused-ring (bicyclic) bond motifs is 1. The third-order valence-corrected chi connectivity index (χ3v) is 5.15. The first-order valence-corrected chi connectivity index (χ1v) is 9.51. The maximum Gasteiger partial charge on any atom is 0.255 e. The minimum absolute atomic E-state index is 0.0578. The van der Waals surface area contributed by atoms with Crippen LogP contribution >= 0.6 is 15.9 Å². The molecule has 0 spiro atoms. The molecule has 1 saturated carbocycles. The van der Waals surface area contributed by atoms with E-state index in [9.17, 15) is 9.59 Å². The molecule has 0 aromatic heterocycles. The zero-order chi connectivity index (χ0) is 18.1. The van der Waals surface area contributed by atoms with Crippen molar-refractivity contribution in [3.05, 3.63) is 58.1 Å². The van der Waals surface area contributed by atoms with E-state index in [1.165, 1.54) is 0 Å². The van der Waals surface area contributed by atoms with Crippen molar-refractivity contribution >= 4 is 33.4 Å². The Hall–Kier alpha value is -2.34. The predicted molar refractivity (Wildman–Crippen MR) is 102 cm³/mol. The molecule has 0 bridgehead atoms. The van der Waals surface area contributed by atoms with E-state index in [1.54, 1.807) is 12.1 Å². The van der Waals surface area contributed by atoms with Gasteiger partial charge in [-0.2, -0.15) is 0 Å². The van der Waals surface area contributed by atoms with Crippen LogP contribution in [0, 0.1) is 5.92 Å². The number of hydrogen-bond donors (Lipinski definition) is 2. The standard InChI is InChI=1S/C20H19BrN2O3/c21-15-3-1-12(2-4-15)19(24)23-17-7-8-18-13(10-17)9-14(11-26-18)20(25)22-16-5-6-16/h1-4,7-8,10,14,16H,5-6,9,11H2,(H,22,25)(H,23,24)/t14-/m0/s1. The number of benzene rings is 2. The second-order valence-corrected chi connectivity index (χ2v) is 7.69. The van der Waals surface area contributed by atoms with Gasteiger partial charge in [0.15, 0.2) is 0 Å². The van der Waals surface area contributed by atoms with Crippen molar-refractivity contribution < 1.29 is 14.3 Å². The molecular formula is C20H19BrN2O3. The molecule has 5 nitrogen and oxygen atoms in total. The molecule has 1 heterocycles. The molecule has 2 amide bonds. The SMILES string of the molecule is O=C(Nc1ccc2c(c1)C[C@H](C(=O)NC1CC1)CO2)c1ccc(Br)cc1. The number of rotatable bonds is 4. The zero-order valence-corrected chi connectivity index (χ0v) is 15.7. The summed E-state index contributed by atoms with van der Waals surface area (Å²) >= 11 is 3.36. The molecule has 2 N–H and O–H groups in total. The molecule has 1 aliphatic heterocycles. The van der Waals surface area contributed by atoms with Crippen LogP contribution in [0.25, 0.3) is 0 Å². The molecule has 26 heavy (non-hydrogen) atoms. The predicted octanol–water partition coefficient (Wildman–Crippen LogP) is 3.53. The fourth-order valence-electron chi connectivity index (χ4n) is 2.99. The Balaban J connectivity index is 1.45. The van der Waals surface area contributed by atoms with Crippen molar-refractivity contribution in [3.63, 3.8) is 0 Å². The van der Waals surface area contributed by atoms with Gasteiger partial charge in [0.1, 0.15) is 12.4 Å². The van der Waals surface area contributed by atoms with Crippen LogP contribution in [-0.2, 0) is 11.2 Å². The Labute approximate surface area is 160 Å². The van der Waals surface area contributed by atoms with E-state index < -0.39 is 0 Å². The van der Waals surface area contributed by atoms with Gasteiger partial charge in [0, 0.05) is 21.8 Å². The number of hydrogen-bond acceptors (Lipinski definition) is 3. The van der Waals surface area contributed by atoms with Gasteiger partial charge in [-0.25, -0.2) is 0 Å². The summed E-state index contributed by atoms with van der Waals surface area (Å²) in [4.78, 5) is 24.6. The van der Waals surface area contributed by atoms with E-state index >= 15 is 0 Å². The van der Waals surface area contributed by atoms with E-state index in [1.807, 2.05) is 30.3 Å². The number of halogens is 1.